The minimum absolute atomic E-state index is 0.257. The largest absolute Gasteiger partial charge is 0.365 e. The fraction of sp³-hybridized carbons (Fsp3) is 0.125. The third-order valence-electron chi connectivity index (χ3n) is 3.25. The number of amides is 2. The molecule has 3 rings (SSSR count). The van der Waals surface area contributed by atoms with Gasteiger partial charge < -0.3 is 5.32 Å². The molecule has 2 aromatic carbocycles. The van der Waals surface area contributed by atoms with Crippen molar-refractivity contribution in [1.29, 1.82) is 0 Å². The first-order chi connectivity index (χ1) is 10.6. The molecule has 0 bridgehead atoms. The first kappa shape index (κ1) is 14.6. The van der Waals surface area contributed by atoms with Crippen LogP contribution in [0.25, 0.3) is 0 Å². The number of halogens is 1. The summed E-state index contributed by atoms with van der Waals surface area (Å²) in [6.07, 6.45) is 0. The molecular formula is C16H13FN2O2S. The molecular weight excluding hydrogens is 303 g/mol. The highest BCUT2D eigenvalue weighted by Crippen LogP contribution is 2.29. The monoisotopic (exact) mass is 316 g/mol. The average Bonchev–Trinajstić information content (AvgIpc) is 2.78. The zero-order chi connectivity index (χ0) is 15.5. The van der Waals surface area contributed by atoms with Crippen LogP contribution in [0.2, 0.25) is 0 Å². The fourth-order valence-corrected chi connectivity index (χ4v) is 3.05. The topological polar surface area (TPSA) is 49.4 Å². The quantitative estimate of drug-likeness (QED) is 0.938. The van der Waals surface area contributed by atoms with E-state index < -0.39 is 5.37 Å². The van der Waals surface area contributed by atoms with Crippen LogP contribution < -0.4 is 5.32 Å². The lowest BCUT2D eigenvalue weighted by Gasteiger charge is -2.15. The van der Waals surface area contributed by atoms with Crippen molar-refractivity contribution in [2.75, 3.05) is 5.32 Å². The molecule has 1 N–H and O–H groups in total. The molecule has 1 heterocycles. The lowest BCUT2D eigenvalue weighted by atomic mass is 10.2. The van der Waals surface area contributed by atoms with Gasteiger partial charge in [0.15, 0.2) is 5.37 Å². The minimum Gasteiger partial charge on any atom is -0.365 e. The smallest absolute Gasteiger partial charge is 0.291 e. The number of nitrogens with zero attached hydrogens (tertiary/aromatic N) is 1. The fourth-order valence-electron chi connectivity index (χ4n) is 2.14. The van der Waals surface area contributed by atoms with Crippen LogP contribution in [0.15, 0.2) is 54.6 Å². The van der Waals surface area contributed by atoms with Gasteiger partial charge in [0.1, 0.15) is 5.82 Å². The van der Waals surface area contributed by atoms with Crippen molar-refractivity contribution in [1.82, 2.24) is 4.90 Å². The van der Waals surface area contributed by atoms with Crippen LogP contribution >= 0.6 is 11.8 Å². The molecule has 1 fully saturated rings. The number of hydrogen-bond acceptors (Lipinski definition) is 4. The number of carbonyl (C=O) groups is 2. The number of anilines is 1. The molecule has 1 aliphatic heterocycles. The molecule has 0 radical (unpaired) electrons. The highest BCUT2D eigenvalue weighted by atomic mass is 32.2. The summed E-state index contributed by atoms with van der Waals surface area (Å²) in [5.74, 6) is -0.638. The Morgan fingerprint density at radius 2 is 1.73 bits per heavy atom. The molecule has 22 heavy (non-hydrogen) atoms. The molecule has 6 heteroatoms. The molecule has 4 nitrogen and oxygen atoms in total. The van der Waals surface area contributed by atoms with Gasteiger partial charge in [0, 0.05) is 5.69 Å². The summed E-state index contributed by atoms with van der Waals surface area (Å²) < 4.78 is 12.9. The summed E-state index contributed by atoms with van der Waals surface area (Å²) in [4.78, 5) is 25.6. The Bertz CT molecular complexity index is 691. The van der Waals surface area contributed by atoms with Crippen molar-refractivity contribution < 1.29 is 14.0 Å². The van der Waals surface area contributed by atoms with Crippen LogP contribution in [0.1, 0.15) is 5.56 Å². The van der Waals surface area contributed by atoms with Crippen LogP contribution in [0.5, 0.6) is 0 Å². The van der Waals surface area contributed by atoms with Gasteiger partial charge in [0.2, 0.25) is 0 Å². The van der Waals surface area contributed by atoms with E-state index in [1.54, 1.807) is 0 Å². The molecule has 0 spiro atoms. The summed E-state index contributed by atoms with van der Waals surface area (Å²) in [7, 11) is 0. The Labute approximate surface area is 131 Å². The van der Waals surface area contributed by atoms with E-state index in [9.17, 15) is 14.0 Å². The molecule has 2 amide bonds. The van der Waals surface area contributed by atoms with Gasteiger partial charge in [-0.15, -0.1) is 0 Å². The Morgan fingerprint density at radius 3 is 2.41 bits per heavy atom. The van der Waals surface area contributed by atoms with Gasteiger partial charge in [-0.05, 0) is 41.6 Å². The molecule has 0 saturated carbocycles. The first-order valence-electron chi connectivity index (χ1n) is 6.71. The lowest BCUT2D eigenvalue weighted by molar-refractivity contribution is -0.126. The molecule has 1 saturated heterocycles. The van der Waals surface area contributed by atoms with Gasteiger partial charge in [-0.1, -0.05) is 30.3 Å². The standard InChI is InChI=1S/C16H13FN2O2S/c17-12-6-8-13(9-7-12)18-14-15(20)19(16(21)22-14)10-11-4-2-1-3-5-11/h1-9,14,18H,10H2. The Morgan fingerprint density at radius 1 is 1.05 bits per heavy atom. The van der Waals surface area contributed by atoms with E-state index in [4.69, 9.17) is 0 Å². The molecule has 1 atom stereocenters. The van der Waals surface area contributed by atoms with Crippen molar-refractivity contribution >= 4 is 28.6 Å². The highest BCUT2D eigenvalue weighted by molar-refractivity contribution is 8.15. The van der Waals surface area contributed by atoms with E-state index >= 15 is 0 Å². The molecule has 0 aromatic heterocycles. The van der Waals surface area contributed by atoms with Crippen molar-refractivity contribution in [3.8, 4) is 0 Å². The third-order valence-corrected chi connectivity index (χ3v) is 4.23. The highest BCUT2D eigenvalue weighted by Gasteiger charge is 2.39. The van der Waals surface area contributed by atoms with E-state index in [2.05, 4.69) is 5.32 Å². The van der Waals surface area contributed by atoms with Crippen molar-refractivity contribution in [2.45, 2.75) is 11.9 Å². The summed E-state index contributed by atoms with van der Waals surface area (Å²) in [6, 6.07) is 15.0. The summed E-state index contributed by atoms with van der Waals surface area (Å²) in [5, 5.41) is 1.99. The summed E-state index contributed by atoms with van der Waals surface area (Å²) >= 11 is 0.933. The second kappa shape index (κ2) is 6.19. The number of carbonyl (C=O) groups excluding carboxylic acids is 2. The van der Waals surface area contributed by atoms with Gasteiger partial charge in [-0.25, -0.2) is 4.39 Å². The van der Waals surface area contributed by atoms with Gasteiger partial charge in [0.05, 0.1) is 6.54 Å². The second-order valence-electron chi connectivity index (χ2n) is 4.83. The summed E-state index contributed by atoms with van der Waals surface area (Å²) in [5.41, 5.74) is 1.49. The zero-order valence-corrected chi connectivity index (χ0v) is 12.3. The maximum Gasteiger partial charge on any atom is 0.291 e. The minimum atomic E-state index is -0.679. The predicted octanol–water partition coefficient (Wildman–Crippen LogP) is 3.46. The third kappa shape index (κ3) is 3.12. The molecule has 112 valence electrons. The Balaban J connectivity index is 1.70. The van der Waals surface area contributed by atoms with Crippen LogP contribution in [0.4, 0.5) is 14.9 Å². The Hall–Kier alpha value is -2.34. The average molecular weight is 316 g/mol. The first-order valence-corrected chi connectivity index (χ1v) is 7.59. The van der Waals surface area contributed by atoms with E-state index in [-0.39, 0.29) is 23.5 Å². The molecule has 0 aliphatic carbocycles. The maximum atomic E-state index is 12.9. The van der Waals surface area contributed by atoms with Crippen molar-refractivity contribution in [2.24, 2.45) is 0 Å². The SMILES string of the molecule is O=C1SC(Nc2ccc(F)cc2)C(=O)N1Cc1ccccc1. The van der Waals surface area contributed by atoms with Gasteiger partial charge in [-0.2, -0.15) is 0 Å². The number of nitrogens with one attached hydrogen (secondary N) is 1. The number of rotatable bonds is 4. The van der Waals surface area contributed by atoms with E-state index in [1.165, 1.54) is 29.2 Å². The lowest BCUT2D eigenvalue weighted by Crippen LogP contribution is -2.33. The second-order valence-corrected chi connectivity index (χ2v) is 5.88. The predicted molar refractivity (Wildman–Crippen MR) is 83.8 cm³/mol. The van der Waals surface area contributed by atoms with Gasteiger partial charge >= 0.3 is 0 Å². The van der Waals surface area contributed by atoms with E-state index in [0.29, 0.717) is 5.69 Å². The van der Waals surface area contributed by atoms with Gasteiger partial charge in [0.25, 0.3) is 11.1 Å². The number of benzene rings is 2. The number of thioether (sulfide) groups is 1. The maximum absolute atomic E-state index is 12.9. The van der Waals surface area contributed by atoms with Gasteiger partial charge in [-0.3, -0.25) is 14.5 Å². The normalized spacial score (nSPS) is 17.9. The summed E-state index contributed by atoms with van der Waals surface area (Å²) in [6.45, 7) is 0.257. The molecule has 2 aromatic rings. The number of imide groups is 1. The van der Waals surface area contributed by atoms with Crippen LogP contribution in [-0.2, 0) is 11.3 Å². The number of hydrogen-bond donors (Lipinski definition) is 1. The molecule has 1 unspecified atom stereocenters. The van der Waals surface area contributed by atoms with Crippen molar-refractivity contribution in [3.05, 3.63) is 66.0 Å². The zero-order valence-electron chi connectivity index (χ0n) is 11.5. The van der Waals surface area contributed by atoms with Crippen LogP contribution in [0, 0.1) is 5.82 Å². The van der Waals surface area contributed by atoms with E-state index in [1.807, 2.05) is 30.3 Å². The van der Waals surface area contributed by atoms with Crippen LogP contribution in [0.3, 0.4) is 0 Å². The van der Waals surface area contributed by atoms with Crippen LogP contribution in [-0.4, -0.2) is 21.4 Å². The molecule has 1 aliphatic rings. The van der Waals surface area contributed by atoms with Crippen molar-refractivity contribution in [3.63, 3.8) is 0 Å². The van der Waals surface area contributed by atoms with E-state index in [0.717, 1.165) is 17.3 Å². The Kier molecular flexibility index (Phi) is 4.11.